The maximum Gasteiger partial charge on any atom is 0.338 e. The number of esters is 1. The van der Waals surface area contributed by atoms with Crippen LogP contribution in [0.3, 0.4) is 0 Å². The molecule has 13 heteroatoms. The number of carbonyl (C=O) groups excluding carboxylic acids is 1. The second kappa shape index (κ2) is 33.7. The quantitative estimate of drug-likeness (QED) is 0.0617. The number of benzene rings is 1. The summed E-state index contributed by atoms with van der Waals surface area (Å²) in [6.45, 7) is 13.8. The number of hydrogen-bond acceptors (Lipinski definition) is 13. The summed E-state index contributed by atoms with van der Waals surface area (Å²) in [5.74, 6) is -0.357. The third kappa shape index (κ3) is 28.6. The van der Waals surface area contributed by atoms with Gasteiger partial charge in [0.25, 0.3) is 0 Å². The zero-order valence-electron chi connectivity index (χ0n) is 26.0. The smallest absolute Gasteiger partial charge is 0.338 e. The zero-order chi connectivity index (χ0) is 31.4. The molecular weight excluding hydrogens is 580 g/mol. The highest BCUT2D eigenvalue weighted by Crippen LogP contribution is 2.00. The van der Waals surface area contributed by atoms with Crippen molar-refractivity contribution in [2.75, 3.05) is 145 Å². The average Bonchev–Trinajstić information content (AvgIpc) is 3.05. The maximum absolute atomic E-state index is 11.8. The van der Waals surface area contributed by atoms with Crippen LogP contribution in [0.5, 0.6) is 0 Å². The fraction of sp³-hybridized carbons (Fsp3) is 0.710. The number of hydrogen-bond donors (Lipinski definition) is 0. The molecule has 0 spiro atoms. The van der Waals surface area contributed by atoms with E-state index in [1.165, 1.54) is 6.26 Å². The van der Waals surface area contributed by atoms with E-state index in [-0.39, 0.29) is 12.6 Å². The van der Waals surface area contributed by atoms with E-state index in [1.807, 2.05) is 6.07 Å². The molecule has 1 aromatic carbocycles. The lowest BCUT2D eigenvalue weighted by Gasteiger charge is -2.09. The van der Waals surface area contributed by atoms with Gasteiger partial charge in [0.05, 0.1) is 144 Å². The minimum atomic E-state index is -0.357. The Labute approximate surface area is 261 Å². The first-order chi connectivity index (χ1) is 21.8. The molecule has 44 heavy (non-hydrogen) atoms. The lowest BCUT2D eigenvalue weighted by Crippen LogP contribution is -2.15. The zero-order valence-corrected chi connectivity index (χ0v) is 26.0. The second-order valence-corrected chi connectivity index (χ2v) is 8.66. The topological polar surface area (TPSA) is 128 Å². The van der Waals surface area contributed by atoms with Crippen LogP contribution in [-0.2, 0) is 56.8 Å². The van der Waals surface area contributed by atoms with Gasteiger partial charge in [0.15, 0.2) is 0 Å². The Morgan fingerprint density at radius 3 is 1.00 bits per heavy atom. The molecule has 1 rings (SSSR count). The first-order valence-corrected chi connectivity index (χ1v) is 15.1. The lowest BCUT2D eigenvalue weighted by atomic mass is 10.2. The van der Waals surface area contributed by atoms with Crippen molar-refractivity contribution in [1.82, 2.24) is 0 Å². The molecule has 0 saturated carbocycles. The van der Waals surface area contributed by atoms with E-state index in [1.54, 1.807) is 24.3 Å². The average molecular weight is 633 g/mol. The normalized spacial score (nSPS) is 11.1. The number of ether oxygens (including phenoxy) is 12. The molecule has 254 valence electrons. The maximum atomic E-state index is 11.8. The van der Waals surface area contributed by atoms with Gasteiger partial charge in [-0.15, -0.1) is 0 Å². The summed E-state index contributed by atoms with van der Waals surface area (Å²) >= 11 is 0. The van der Waals surface area contributed by atoms with Crippen molar-refractivity contribution >= 4 is 5.97 Å². The van der Waals surface area contributed by atoms with E-state index in [2.05, 4.69) is 6.58 Å². The van der Waals surface area contributed by atoms with Crippen LogP contribution in [0.1, 0.15) is 10.4 Å². The second-order valence-electron chi connectivity index (χ2n) is 8.66. The van der Waals surface area contributed by atoms with E-state index in [0.717, 1.165) is 0 Å². The summed E-state index contributed by atoms with van der Waals surface area (Å²) in [6, 6.07) is 8.85. The molecule has 0 aliphatic carbocycles. The SMILES string of the molecule is C=COCCOCCOCCOCCOCCOCCOCCOCCOCCOCCOCCOC(=O)c1ccccc1. The van der Waals surface area contributed by atoms with E-state index in [4.69, 9.17) is 56.8 Å². The molecule has 0 aliphatic rings. The van der Waals surface area contributed by atoms with Gasteiger partial charge in [0.2, 0.25) is 0 Å². The number of rotatable bonds is 35. The Morgan fingerprint density at radius 2 is 0.705 bits per heavy atom. The molecule has 13 nitrogen and oxygen atoms in total. The van der Waals surface area contributed by atoms with Crippen LogP contribution in [0.15, 0.2) is 43.2 Å². The minimum Gasteiger partial charge on any atom is -0.499 e. The van der Waals surface area contributed by atoms with Gasteiger partial charge in [0.1, 0.15) is 13.2 Å². The van der Waals surface area contributed by atoms with Crippen LogP contribution < -0.4 is 0 Å². The molecule has 1 aromatic rings. The van der Waals surface area contributed by atoms with Crippen molar-refractivity contribution in [3.05, 3.63) is 48.7 Å². The highest BCUT2D eigenvalue weighted by Gasteiger charge is 2.05. The molecular formula is C31H52O13. The Morgan fingerprint density at radius 1 is 0.432 bits per heavy atom. The molecule has 0 bridgehead atoms. The Balaban J connectivity index is 1.64. The van der Waals surface area contributed by atoms with E-state index in [9.17, 15) is 4.79 Å². The van der Waals surface area contributed by atoms with Crippen LogP contribution in [0.2, 0.25) is 0 Å². The highest BCUT2D eigenvalue weighted by molar-refractivity contribution is 5.89. The van der Waals surface area contributed by atoms with Crippen molar-refractivity contribution in [2.45, 2.75) is 0 Å². The minimum absolute atomic E-state index is 0.201. The third-order valence-corrected chi connectivity index (χ3v) is 5.28. The fourth-order valence-electron chi connectivity index (χ4n) is 3.12. The molecule has 0 saturated heterocycles. The molecule has 0 fully saturated rings. The van der Waals surface area contributed by atoms with Crippen molar-refractivity contribution in [3.63, 3.8) is 0 Å². The Hall–Kier alpha value is -2.17. The standard InChI is InChI=1S/C31H52O13/c1-2-33-8-9-34-10-11-35-12-13-36-14-15-37-16-17-38-18-19-39-20-21-40-22-23-41-24-25-42-26-27-43-28-29-44-31(32)30-6-4-3-5-7-30/h2-7H,1,8-29H2. The predicted molar refractivity (Wildman–Crippen MR) is 161 cm³/mol. The van der Waals surface area contributed by atoms with Crippen molar-refractivity contribution in [3.8, 4) is 0 Å². The fourth-order valence-corrected chi connectivity index (χ4v) is 3.12. The van der Waals surface area contributed by atoms with Crippen LogP contribution in [0, 0.1) is 0 Å². The third-order valence-electron chi connectivity index (χ3n) is 5.28. The molecule has 0 aliphatic heterocycles. The summed E-state index contributed by atoms with van der Waals surface area (Å²) in [7, 11) is 0. The molecule has 0 aromatic heterocycles. The van der Waals surface area contributed by atoms with Crippen molar-refractivity contribution in [1.29, 1.82) is 0 Å². The summed E-state index contributed by atoms with van der Waals surface area (Å²) in [5.41, 5.74) is 0.525. The summed E-state index contributed by atoms with van der Waals surface area (Å²) in [5, 5.41) is 0. The van der Waals surface area contributed by atoms with Gasteiger partial charge in [-0.1, -0.05) is 24.8 Å². The number of carbonyl (C=O) groups is 1. The van der Waals surface area contributed by atoms with Crippen LogP contribution in [-0.4, -0.2) is 151 Å². The monoisotopic (exact) mass is 632 g/mol. The molecule has 0 unspecified atom stereocenters. The molecule has 0 N–H and O–H groups in total. The summed E-state index contributed by atoms with van der Waals surface area (Å²) in [6.07, 6.45) is 1.39. The highest BCUT2D eigenvalue weighted by atomic mass is 16.6. The van der Waals surface area contributed by atoms with E-state index < -0.39 is 0 Å². The molecule has 0 radical (unpaired) electrons. The van der Waals surface area contributed by atoms with Gasteiger partial charge in [-0.2, -0.15) is 0 Å². The van der Waals surface area contributed by atoms with Crippen molar-refractivity contribution < 1.29 is 61.6 Å². The van der Waals surface area contributed by atoms with Gasteiger partial charge in [-0.05, 0) is 12.1 Å². The molecule has 0 amide bonds. The summed E-state index contributed by atoms with van der Waals surface area (Å²) < 4.78 is 64.3. The summed E-state index contributed by atoms with van der Waals surface area (Å²) in [4.78, 5) is 11.8. The van der Waals surface area contributed by atoms with Gasteiger partial charge >= 0.3 is 5.97 Å². The van der Waals surface area contributed by atoms with Crippen molar-refractivity contribution in [2.24, 2.45) is 0 Å². The molecule has 0 heterocycles. The van der Waals surface area contributed by atoms with Gasteiger partial charge in [0, 0.05) is 0 Å². The van der Waals surface area contributed by atoms with Crippen LogP contribution in [0.4, 0.5) is 0 Å². The van der Waals surface area contributed by atoms with Gasteiger partial charge < -0.3 is 56.8 Å². The van der Waals surface area contributed by atoms with Crippen LogP contribution in [0.25, 0.3) is 0 Å². The predicted octanol–water partition coefficient (Wildman–Crippen LogP) is 2.17. The van der Waals surface area contributed by atoms with Crippen LogP contribution >= 0.6 is 0 Å². The van der Waals surface area contributed by atoms with E-state index >= 15 is 0 Å². The largest absolute Gasteiger partial charge is 0.499 e. The Bertz CT molecular complexity index is 739. The first-order valence-electron chi connectivity index (χ1n) is 15.1. The molecule has 0 atom stereocenters. The van der Waals surface area contributed by atoms with Gasteiger partial charge in [-0.25, -0.2) is 4.79 Å². The lowest BCUT2D eigenvalue weighted by molar-refractivity contribution is -0.0275. The van der Waals surface area contributed by atoms with Gasteiger partial charge in [-0.3, -0.25) is 0 Å². The van der Waals surface area contributed by atoms with E-state index in [0.29, 0.717) is 144 Å². The Kier molecular flexibility index (Phi) is 30.5. The first kappa shape index (κ1) is 39.9.